The van der Waals surface area contributed by atoms with Crippen molar-refractivity contribution in [3.8, 4) is 28.4 Å². The number of phenolic OH excluding ortho intramolecular Hbond substituents is 1. The summed E-state index contributed by atoms with van der Waals surface area (Å²) in [6.07, 6.45) is -2.09. The lowest BCUT2D eigenvalue weighted by Gasteiger charge is -2.25. The number of alkyl carbamates (subject to hydrolysis) is 1. The van der Waals surface area contributed by atoms with Gasteiger partial charge in [0, 0.05) is 12.3 Å². The normalized spacial score (nSPS) is 16.9. The Kier molecular flexibility index (Phi) is 9.16. The first-order valence-electron chi connectivity index (χ1n) is 15.4. The number of fused-ring (bicyclic) bond motifs is 11. The first kappa shape index (κ1) is 32.6. The second-order valence-electron chi connectivity index (χ2n) is 11.7. The zero-order valence-corrected chi connectivity index (χ0v) is 26.0. The molecule has 250 valence electrons. The van der Waals surface area contributed by atoms with Gasteiger partial charge in [-0.2, -0.15) is 0 Å². The third kappa shape index (κ3) is 7.15. The van der Waals surface area contributed by atoms with Crippen LogP contribution in [0.15, 0.2) is 84.9 Å². The van der Waals surface area contributed by atoms with Crippen LogP contribution < -0.4 is 26.4 Å². The summed E-state index contributed by atoms with van der Waals surface area (Å²) in [6, 6.07) is 21.8. The summed E-state index contributed by atoms with van der Waals surface area (Å²) in [7, 11) is 0. The highest BCUT2D eigenvalue weighted by atomic mass is 16.5. The minimum absolute atomic E-state index is 0.00211. The summed E-state index contributed by atoms with van der Waals surface area (Å²) in [5.41, 5.74) is 10.0. The summed E-state index contributed by atoms with van der Waals surface area (Å²) >= 11 is 0. The van der Waals surface area contributed by atoms with E-state index in [1.165, 1.54) is 12.1 Å². The van der Waals surface area contributed by atoms with Crippen molar-refractivity contribution in [1.82, 2.24) is 10.6 Å². The molecular weight excluding hydrogens is 632 g/mol. The third-order valence-electron chi connectivity index (χ3n) is 8.39. The number of carbonyl (C=O) groups excluding carboxylic acids is 4. The number of nitrogens with one attached hydrogen (secondary N) is 3. The molecule has 4 aromatic carbocycles. The predicted molar refractivity (Wildman–Crippen MR) is 176 cm³/mol. The first-order valence-corrected chi connectivity index (χ1v) is 15.4. The number of aliphatic carboxylic acids is 1. The number of phenols is 1. The van der Waals surface area contributed by atoms with Crippen molar-refractivity contribution < 1.29 is 43.7 Å². The van der Waals surface area contributed by atoms with Crippen LogP contribution in [-0.2, 0) is 36.8 Å². The Balaban J connectivity index is 1.27. The number of ether oxygens (including phenoxy) is 2. The molecule has 0 saturated carbocycles. The molecule has 4 aromatic rings. The number of hydrogen-bond donors (Lipinski definition) is 6. The fraction of sp³-hybridized carbons (Fsp3) is 0.194. The summed E-state index contributed by atoms with van der Waals surface area (Å²) in [5, 5.41) is 27.7. The Morgan fingerprint density at radius 1 is 0.898 bits per heavy atom. The van der Waals surface area contributed by atoms with Crippen molar-refractivity contribution >= 4 is 35.5 Å². The minimum atomic E-state index is -1.55. The molecule has 0 fully saturated rings. The van der Waals surface area contributed by atoms with E-state index < -0.39 is 60.5 Å². The van der Waals surface area contributed by atoms with Crippen LogP contribution in [0.5, 0.6) is 17.2 Å². The SMILES string of the molecule is NC(=O)C[C@@H]1NC(=O)[C@H](NC(=O)OCC2c3ccccc3-c3ccccc32)Cc2ccc(cc2)Oc2c(O)ccc(CC(=O)O)c2NC1=O. The zero-order chi connectivity index (χ0) is 34.7. The maximum absolute atomic E-state index is 13.7. The smallest absolute Gasteiger partial charge is 0.407 e. The maximum Gasteiger partial charge on any atom is 0.407 e. The van der Waals surface area contributed by atoms with Gasteiger partial charge in [0.25, 0.3) is 0 Å². The fourth-order valence-electron chi connectivity index (χ4n) is 6.09. The largest absolute Gasteiger partial charge is 0.504 e. The van der Waals surface area contributed by atoms with Crippen molar-refractivity contribution in [3.05, 3.63) is 107 Å². The number of nitrogens with two attached hydrogens (primary N) is 1. The number of carboxylic acids is 1. The van der Waals surface area contributed by atoms with Crippen molar-refractivity contribution in [2.24, 2.45) is 5.73 Å². The van der Waals surface area contributed by atoms with E-state index in [4.69, 9.17) is 15.2 Å². The molecule has 49 heavy (non-hydrogen) atoms. The Hall–Kier alpha value is -6.37. The lowest BCUT2D eigenvalue weighted by molar-refractivity contribution is -0.136. The summed E-state index contributed by atoms with van der Waals surface area (Å²) in [6.45, 7) is -0.00211. The van der Waals surface area contributed by atoms with Crippen LogP contribution in [0.4, 0.5) is 10.5 Å². The lowest BCUT2D eigenvalue weighted by atomic mass is 9.98. The summed E-state index contributed by atoms with van der Waals surface area (Å²) in [5.74, 6) is -4.54. The molecule has 0 radical (unpaired) electrons. The topological polar surface area (TPSA) is 206 Å². The second kappa shape index (κ2) is 13.8. The van der Waals surface area contributed by atoms with E-state index in [-0.39, 0.29) is 41.7 Å². The van der Waals surface area contributed by atoms with E-state index in [0.29, 0.717) is 5.56 Å². The van der Waals surface area contributed by atoms with Crippen LogP contribution in [-0.4, -0.2) is 58.7 Å². The molecule has 2 bridgehead atoms. The fourth-order valence-corrected chi connectivity index (χ4v) is 6.09. The lowest BCUT2D eigenvalue weighted by Crippen LogP contribution is -2.54. The van der Waals surface area contributed by atoms with Gasteiger partial charge in [-0.1, -0.05) is 66.7 Å². The molecular formula is C36H32N4O9. The van der Waals surface area contributed by atoms with Gasteiger partial charge in [-0.15, -0.1) is 0 Å². The molecule has 0 aromatic heterocycles. The maximum atomic E-state index is 13.7. The number of amides is 4. The van der Waals surface area contributed by atoms with Crippen molar-refractivity contribution in [2.45, 2.75) is 37.3 Å². The van der Waals surface area contributed by atoms with Gasteiger partial charge >= 0.3 is 12.1 Å². The van der Waals surface area contributed by atoms with Crippen molar-refractivity contribution in [2.75, 3.05) is 11.9 Å². The van der Waals surface area contributed by atoms with Gasteiger partial charge in [0.05, 0.1) is 18.5 Å². The Bertz CT molecular complexity index is 1920. The summed E-state index contributed by atoms with van der Waals surface area (Å²) < 4.78 is 11.6. The van der Waals surface area contributed by atoms with Gasteiger partial charge in [0.15, 0.2) is 11.5 Å². The van der Waals surface area contributed by atoms with Crippen molar-refractivity contribution in [1.29, 1.82) is 0 Å². The van der Waals surface area contributed by atoms with Gasteiger partial charge in [0.1, 0.15) is 24.4 Å². The minimum Gasteiger partial charge on any atom is -0.504 e. The van der Waals surface area contributed by atoms with Gasteiger partial charge in [0.2, 0.25) is 17.7 Å². The molecule has 13 nitrogen and oxygen atoms in total. The molecule has 2 atom stereocenters. The van der Waals surface area contributed by atoms with Crippen LogP contribution in [0, 0.1) is 0 Å². The second-order valence-corrected chi connectivity index (χ2v) is 11.7. The van der Waals surface area contributed by atoms with Gasteiger partial charge in [-0.3, -0.25) is 19.2 Å². The molecule has 1 aliphatic carbocycles. The molecule has 0 spiro atoms. The molecule has 4 amide bonds. The van der Waals surface area contributed by atoms with Gasteiger partial charge in [-0.05, 0) is 51.6 Å². The van der Waals surface area contributed by atoms with Crippen LogP contribution in [0.2, 0.25) is 0 Å². The number of benzene rings is 4. The number of aromatic hydroxyl groups is 1. The standard InChI is InChI=1S/C36H32N4O9/c37-30(42)17-28-35(46)40-32-20(16-31(43)44)11-14-29(41)33(32)49-21-12-9-19(10-13-21)15-27(34(45)38-28)39-36(47)48-18-26-24-7-3-1-5-22(24)23-6-2-4-8-25(23)26/h1-14,26-28,41H,15-18H2,(H2,37,42)(H,38,45)(H,39,47)(H,40,46)(H,43,44)/t27-,28+/m1/s1. The monoisotopic (exact) mass is 664 g/mol. The van der Waals surface area contributed by atoms with E-state index in [0.717, 1.165) is 22.3 Å². The van der Waals surface area contributed by atoms with E-state index in [2.05, 4.69) is 16.0 Å². The number of primary amides is 1. The average Bonchev–Trinajstić information content (AvgIpc) is 3.39. The number of hydrogen-bond acceptors (Lipinski definition) is 8. The third-order valence-corrected chi connectivity index (χ3v) is 8.39. The predicted octanol–water partition coefficient (Wildman–Crippen LogP) is 3.57. The Morgan fingerprint density at radius 3 is 2.18 bits per heavy atom. The van der Waals surface area contributed by atoms with Crippen LogP contribution in [0.1, 0.15) is 34.6 Å². The Morgan fingerprint density at radius 2 is 1.55 bits per heavy atom. The number of rotatable bonds is 7. The highest BCUT2D eigenvalue weighted by Crippen LogP contribution is 2.44. The number of anilines is 1. The molecule has 0 unspecified atom stereocenters. The first-order chi connectivity index (χ1) is 23.6. The highest BCUT2D eigenvalue weighted by Gasteiger charge is 2.32. The quantitative estimate of drug-likeness (QED) is 0.171. The van der Waals surface area contributed by atoms with Crippen LogP contribution in [0.3, 0.4) is 0 Å². The Labute approximate surface area is 280 Å². The summed E-state index contributed by atoms with van der Waals surface area (Å²) in [4.78, 5) is 64.1. The van der Waals surface area contributed by atoms with E-state index in [1.807, 2.05) is 48.5 Å². The van der Waals surface area contributed by atoms with Crippen LogP contribution in [0.25, 0.3) is 11.1 Å². The molecule has 2 aliphatic heterocycles. The molecule has 13 heteroatoms. The van der Waals surface area contributed by atoms with Crippen molar-refractivity contribution in [3.63, 3.8) is 0 Å². The molecule has 7 rings (SSSR count). The van der Waals surface area contributed by atoms with Crippen LogP contribution >= 0.6 is 0 Å². The van der Waals surface area contributed by atoms with E-state index in [1.54, 1.807) is 24.3 Å². The molecule has 3 aliphatic rings. The molecule has 7 N–H and O–H groups in total. The zero-order valence-electron chi connectivity index (χ0n) is 26.0. The number of carbonyl (C=O) groups is 5. The highest BCUT2D eigenvalue weighted by molar-refractivity contribution is 6.02. The molecule has 2 heterocycles. The average molecular weight is 665 g/mol. The molecule has 0 saturated heterocycles. The van der Waals surface area contributed by atoms with Gasteiger partial charge < -0.3 is 41.4 Å². The number of carboxylic acid groups (broad SMARTS) is 1. The van der Waals surface area contributed by atoms with Gasteiger partial charge in [-0.25, -0.2) is 4.79 Å². The van der Waals surface area contributed by atoms with E-state index >= 15 is 0 Å². The van der Waals surface area contributed by atoms with E-state index in [9.17, 15) is 34.2 Å².